The number of aromatic hydroxyl groups is 1. The molecule has 1 aliphatic carbocycles. The molecule has 0 amide bonds. The number of rotatable bonds is 5. The van der Waals surface area contributed by atoms with Crippen LogP contribution in [0.25, 0.3) is 10.2 Å². The molecular weight excluding hydrogens is 352 g/mol. The molecule has 0 atom stereocenters. The molecular formula is C19H18N2O4S. The van der Waals surface area contributed by atoms with Crippen LogP contribution in [-0.4, -0.2) is 21.1 Å². The minimum atomic E-state index is -0.686. The fraction of sp³-hybridized carbons (Fsp3) is 0.316. The number of hydrogen-bond donors (Lipinski definition) is 1. The molecule has 0 spiro atoms. The van der Waals surface area contributed by atoms with E-state index in [1.54, 1.807) is 15.9 Å². The van der Waals surface area contributed by atoms with Gasteiger partial charge in [0.2, 0.25) is 0 Å². The Hall–Kier alpha value is -2.67. The minimum absolute atomic E-state index is 0.149. The van der Waals surface area contributed by atoms with Crippen molar-refractivity contribution in [2.75, 3.05) is 0 Å². The van der Waals surface area contributed by atoms with E-state index >= 15 is 0 Å². The van der Waals surface area contributed by atoms with Gasteiger partial charge in [-0.1, -0.05) is 25.0 Å². The number of ether oxygens (including phenoxy) is 1. The molecule has 2 aromatic heterocycles. The second-order valence-electron chi connectivity index (χ2n) is 6.70. The Labute approximate surface area is 153 Å². The number of hydrogen-bond acceptors (Lipinski definition) is 6. The zero-order chi connectivity index (χ0) is 18.1. The maximum absolute atomic E-state index is 11.9. The van der Waals surface area contributed by atoms with E-state index in [-0.39, 0.29) is 17.6 Å². The highest BCUT2D eigenvalue weighted by Gasteiger charge is 2.39. The van der Waals surface area contributed by atoms with E-state index in [9.17, 15) is 14.7 Å². The van der Waals surface area contributed by atoms with Crippen LogP contribution >= 0.6 is 11.3 Å². The van der Waals surface area contributed by atoms with Crippen molar-refractivity contribution in [2.45, 2.75) is 37.6 Å². The predicted molar refractivity (Wildman–Crippen MR) is 98.8 cm³/mol. The van der Waals surface area contributed by atoms with Crippen LogP contribution in [-0.2, 0) is 16.8 Å². The maximum Gasteiger partial charge on any atom is 0.298 e. The molecule has 0 radical (unpaired) electrons. The van der Waals surface area contributed by atoms with Crippen molar-refractivity contribution >= 4 is 28.0 Å². The van der Waals surface area contributed by atoms with E-state index in [2.05, 4.69) is 6.07 Å². The third-order valence-electron chi connectivity index (χ3n) is 5.00. The van der Waals surface area contributed by atoms with E-state index in [0.717, 1.165) is 40.9 Å². The number of nitrogens with zero attached hydrogens (tertiary/aromatic N) is 2. The lowest BCUT2D eigenvalue weighted by atomic mass is 9.86. The molecule has 26 heavy (non-hydrogen) atoms. The van der Waals surface area contributed by atoms with Crippen molar-refractivity contribution in [3.8, 4) is 11.5 Å². The van der Waals surface area contributed by atoms with Crippen LogP contribution in [0.15, 0.2) is 41.5 Å². The highest BCUT2D eigenvalue weighted by Crippen LogP contribution is 2.45. The molecule has 1 aromatic carbocycles. The van der Waals surface area contributed by atoms with Crippen molar-refractivity contribution in [2.24, 2.45) is 0 Å². The fourth-order valence-electron chi connectivity index (χ4n) is 3.76. The second kappa shape index (κ2) is 6.57. The smallest absolute Gasteiger partial charge is 0.298 e. The molecule has 0 saturated heterocycles. The molecule has 1 fully saturated rings. The zero-order valence-electron chi connectivity index (χ0n) is 14.1. The standard InChI is InChI=1S/C19H18N2O4S/c22-12-25-15-10-21(9-14(23)17(15)24)11-19(7-3-4-8-19)18-20-13-5-1-2-6-16(13)26-18/h1-2,5-6,9-10,12,23H,3-4,7-8,11H2. The average Bonchev–Trinajstić information content (AvgIpc) is 3.27. The quantitative estimate of drug-likeness (QED) is 0.698. The predicted octanol–water partition coefficient (Wildman–Crippen LogP) is 3.21. The van der Waals surface area contributed by atoms with Gasteiger partial charge in [0.15, 0.2) is 11.5 Å². The molecule has 4 rings (SSSR count). The van der Waals surface area contributed by atoms with Crippen LogP contribution in [0.1, 0.15) is 30.7 Å². The Balaban J connectivity index is 1.76. The number of carbonyl (C=O) groups excluding carboxylic acids is 1. The Kier molecular flexibility index (Phi) is 4.24. The molecule has 3 aromatic rings. The van der Waals surface area contributed by atoms with Gasteiger partial charge in [-0.3, -0.25) is 9.59 Å². The highest BCUT2D eigenvalue weighted by molar-refractivity contribution is 7.18. The van der Waals surface area contributed by atoms with E-state index < -0.39 is 11.2 Å². The summed E-state index contributed by atoms with van der Waals surface area (Å²) in [5, 5.41) is 11.0. The molecule has 6 nitrogen and oxygen atoms in total. The van der Waals surface area contributed by atoms with E-state index in [0.29, 0.717) is 6.54 Å². The summed E-state index contributed by atoms with van der Waals surface area (Å²) >= 11 is 1.70. The molecule has 7 heteroatoms. The third-order valence-corrected chi connectivity index (χ3v) is 6.28. The number of pyridine rings is 1. The van der Waals surface area contributed by atoms with Gasteiger partial charge < -0.3 is 14.4 Å². The lowest BCUT2D eigenvalue weighted by molar-refractivity contribution is -0.120. The molecule has 1 N–H and O–H groups in total. The van der Waals surface area contributed by atoms with Crippen LogP contribution in [0, 0.1) is 0 Å². The highest BCUT2D eigenvalue weighted by atomic mass is 32.1. The van der Waals surface area contributed by atoms with Crippen molar-refractivity contribution in [1.82, 2.24) is 9.55 Å². The number of para-hydroxylation sites is 1. The van der Waals surface area contributed by atoms with Gasteiger partial charge in [0, 0.05) is 12.0 Å². The van der Waals surface area contributed by atoms with Crippen LogP contribution in [0.4, 0.5) is 0 Å². The Bertz CT molecular complexity index is 985. The van der Waals surface area contributed by atoms with Crippen LogP contribution < -0.4 is 10.2 Å². The summed E-state index contributed by atoms with van der Waals surface area (Å²) in [7, 11) is 0. The first-order chi connectivity index (χ1) is 12.6. The third kappa shape index (κ3) is 2.88. The van der Waals surface area contributed by atoms with Crippen molar-refractivity contribution in [3.63, 3.8) is 0 Å². The normalized spacial score (nSPS) is 16.0. The summed E-state index contributed by atoms with van der Waals surface area (Å²) in [5.41, 5.74) is 0.157. The average molecular weight is 370 g/mol. The summed E-state index contributed by atoms with van der Waals surface area (Å²) in [6.45, 7) is 0.759. The van der Waals surface area contributed by atoms with Gasteiger partial charge in [0.25, 0.3) is 11.9 Å². The van der Waals surface area contributed by atoms with Crippen LogP contribution in [0.2, 0.25) is 0 Å². The van der Waals surface area contributed by atoms with Gasteiger partial charge >= 0.3 is 0 Å². The number of aromatic nitrogens is 2. The lowest BCUT2D eigenvalue weighted by Crippen LogP contribution is -2.29. The minimum Gasteiger partial charge on any atom is -0.503 e. The molecule has 0 aliphatic heterocycles. The zero-order valence-corrected chi connectivity index (χ0v) is 14.9. The van der Waals surface area contributed by atoms with E-state index in [4.69, 9.17) is 9.72 Å². The fourth-order valence-corrected chi connectivity index (χ4v) is 4.96. The number of benzene rings is 1. The maximum atomic E-state index is 11.9. The Morgan fingerprint density at radius 3 is 2.77 bits per heavy atom. The molecule has 0 bridgehead atoms. The van der Waals surface area contributed by atoms with Gasteiger partial charge in [-0.05, 0) is 25.0 Å². The molecule has 2 heterocycles. The Morgan fingerprint density at radius 2 is 2.04 bits per heavy atom. The molecule has 1 aliphatic rings. The molecule has 0 unspecified atom stereocenters. The van der Waals surface area contributed by atoms with Crippen LogP contribution in [0.3, 0.4) is 0 Å². The van der Waals surface area contributed by atoms with Gasteiger partial charge in [0.05, 0.1) is 22.6 Å². The van der Waals surface area contributed by atoms with Crippen molar-refractivity contribution < 1.29 is 14.6 Å². The Morgan fingerprint density at radius 1 is 1.27 bits per heavy atom. The van der Waals surface area contributed by atoms with E-state index in [1.807, 2.05) is 18.2 Å². The first-order valence-corrected chi connectivity index (χ1v) is 9.32. The summed E-state index contributed by atoms with van der Waals surface area (Å²) in [5.74, 6) is -0.598. The first kappa shape index (κ1) is 16.8. The van der Waals surface area contributed by atoms with Crippen molar-refractivity contribution in [3.05, 3.63) is 51.9 Å². The van der Waals surface area contributed by atoms with Crippen molar-refractivity contribution in [1.29, 1.82) is 0 Å². The topological polar surface area (TPSA) is 81.4 Å². The largest absolute Gasteiger partial charge is 0.503 e. The second-order valence-corrected chi connectivity index (χ2v) is 7.73. The summed E-state index contributed by atoms with van der Waals surface area (Å²) in [4.78, 5) is 27.3. The summed E-state index contributed by atoms with van der Waals surface area (Å²) in [6, 6.07) is 8.07. The van der Waals surface area contributed by atoms with Crippen LogP contribution in [0.5, 0.6) is 11.5 Å². The van der Waals surface area contributed by atoms with Gasteiger partial charge in [0.1, 0.15) is 5.01 Å². The van der Waals surface area contributed by atoms with Gasteiger partial charge in [-0.25, -0.2) is 4.98 Å². The monoisotopic (exact) mass is 370 g/mol. The molecule has 1 saturated carbocycles. The lowest BCUT2D eigenvalue weighted by Gasteiger charge is -2.28. The number of fused-ring (bicyclic) bond motifs is 1. The van der Waals surface area contributed by atoms with Gasteiger partial charge in [-0.15, -0.1) is 11.3 Å². The summed E-state index contributed by atoms with van der Waals surface area (Å²) in [6.07, 6.45) is 7.07. The summed E-state index contributed by atoms with van der Waals surface area (Å²) < 4.78 is 7.61. The number of carbonyl (C=O) groups is 1. The van der Waals surface area contributed by atoms with E-state index in [1.165, 1.54) is 12.4 Å². The van der Waals surface area contributed by atoms with Gasteiger partial charge in [-0.2, -0.15) is 0 Å². The molecule has 134 valence electrons. The number of thiazole rings is 1. The SMILES string of the molecule is O=COc1cn(CC2(c3nc4ccccc4s3)CCCC2)cc(O)c1=O. The first-order valence-electron chi connectivity index (χ1n) is 8.51.